The SMILES string of the molecule is CCN(C(C)=O)c1nc(C=C(C#N)C(=O)c2c[nH]c3cc(Cl)ccc23)cs1. The number of hydrogen-bond acceptors (Lipinski definition) is 5. The number of aromatic nitrogens is 2. The number of rotatable bonds is 5. The Kier molecular flexibility index (Phi) is 5.40. The first-order valence-electron chi connectivity index (χ1n) is 8.11. The number of halogens is 1. The molecule has 0 aliphatic carbocycles. The summed E-state index contributed by atoms with van der Waals surface area (Å²) in [7, 11) is 0. The van der Waals surface area contributed by atoms with Gasteiger partial charge in [-0.05, 0) is 25.1 Å². The van der Waals surface area contributed by atoms with Crippen LogP contribution in [0.15, 0.2) is 35.3 Å². The number of ketones is 1. The number of carbonyl (C=O) groups excluding carboxylic acids is 2. The Hall–Kier alpha value is -2.95. The van der Waals surface area contributed by atoms with E-state index >= 15 is 0 Å². The van der Waals surface area contributed by atoms with Gasteiger partial charge in [0, 0.05) is 46.5 Å². The second-order valence-corrected chi connectivity index (χ2v) is 6.98. The van der Waals surface area contributed by atoms with Gasteiger partial charge in [0.25, 0.3) is 0 Å². The minimum absolute atomic E-state index is 0.0337. The Balaban J connectivity index is 1.94. The number of amides is 1. The molecule has 0 saturated carbocycles. The topological polar surface area (TPSA) is 89.8 Å². The van der Waals surface area contributed by atoms with E-state index in [1.165, 1.54) is 29.2 Å². The monoisotopic (exact) mass is 398 g/mol. The van der Waals surface area contributed by atoms with Gasteiger partial charge in [-0.15, -0.1) is 11.3 Å². The fraction of sp³-hybridized carbons (Fsp3) is 0.158. The van der Waals surface area contributed by atoms with Crippen LogP contribution in [0.4, 0.5) is 5.13 Å². The van der Waals surface area contributed by atoms with E-state index in [0.29, 0.717) is 33.3 Å². The van der Waals surface area contributed by atoms with Crippen molar-refractivity contribution in [2.75, 3.05) is 11.4 Å². The highest BCUT2D eigenvalue weighted by atomic mass is 35.5. The number of nitrogens with zero attached hydrogens (tertiary/aromatic N) is 3. The number of benzene rings is 1. The van der Waals surface area contributed by atoms with Crippen molar-refractivity contribution >= 4 is 56.7 Å². The van der Waals surface area contributed by atoms with Crippen molar-refractivity contribution in [1.29, 1.82) is 5.26 Å². The van der Waals surface area contributed by atoms with Gasteiger partial charge in [-0.2, -0.15) is 5.26 Å². The number of hydrogen-bond donors (Lipinski definition) is 1. The molecule has 0 fully saturated rings. The van der Waals surface area contributed by atoms with E-state index in [-0.39, 0.29) is 11.5 Å². The number of H-pyrrole nitrogens is 1. The number of carbonyl (C=O) groups is 2. The molecule has 6 nitrogen and oxygen atoms in total. The summed E-state index contributed by atoms with van der Waals surface area (Å²) >= 11 is 7.25. The highest BCUT2D eigenvalue weighted by Crippen LogP contribution is 2.26. The highest BCUT2D eigenvalue weighted by Gasteiger charge is 2.18. The fourth-order valence-electron chi connectivity index (χ4n) is 2.69. The van der Waals surface area contributed by atoms with Crippen LogP contribution >= 0.6 is 22.9 Å². The summed E-state index contributed by atoms with van der Waals surface area (Å²) < 4.78 is 0. The number of anilines is 1. The summed E-state index contributed by atoms with van der Waals surface area (Å²) in [6.45, 7) is 3.81. The van der Waals surface area contributed by atoms with Crippen molar-refractivity contribution in [2.45, 2.75) is 13.8 Å². The Morgan fingerprint density at radius 1 is 1.44 bits per heavy atom. The number of aromatic amines is 1. The lowest BCUT2D eigenvalue weighted by Crippen LogP contribution is -2.27. The third-order valence-electron chi connectivity index (χ3n) is 3.98. The number of nitriles is 1. The number of thiazole rings is 1. The Labute approximate surface area is 164 Å². The molecule has 0 aliphatic heterocycles. The van der Waals surface area contributed by atoms with Crippen LogP contribution in [0.2, 0.25) is 5.02 Å². The molecular weight excluding hydrogens is 384 g/mol. The van der Waals surface area contributed by atoms with Crippen molar-refractivity contribution in [2.24, 2.45) is 0 Å². The number of Topliss-reactive ketones (excluding diaryl/α,β-unsaturated/α-hetero) is 1. The van der Waals surface area contributed by atoms with Crippen LogP contribution in [0.1, 0.15) is 29.9 Å². The lowest BCUT2D eigenvalue weighted by Gasteiger charge is -2.14. The summed E-state index contributed by atoms with van der Waals surface area (Å²) in [6.07, 6.45) is 3.00. The van der Waals surface area contributed by atoms with Crippen molar-refractivity contribution in [3.8, 4) is 6.07 Å². The van der Waals surface area contributed by atoms with Crippen LogP contribution in [0, 0.1) is 11.3 Å². The third-order valence-corrected chi connectivity index (χ3v) is 5.10. The van der Waals surface area contributed by atoms with Gasteiger partial charge in [-0.3, -0.25) is 14.5 Å². The maximum atomic E-state index is 12.8. The molecule has 1 aromatic carbocycles. The molecule has 0 saturated heterocycles. The molecule has 8 heteroatoms. The van der Waals surface area contributed by atoms with Crippen molar-refractivity contribution in [3.63, 3.8) is 0 Å². The van der Waals surface area contributed by atoms with Crippen LogP contribution in [0.3, 0.4) is 0 Å². The van der Waals surface area contributed by atoms with E-state index < -0.39 is 5.78 Å². The summed E-state index contributed by atoms with van der Waals surface area (Å²) in [5.41, 5.74) is 1.54. The molecule has 0 radical (unpaired) electrons. The molecule has 0 unspecified atom stereocenters. The summed E-state index contributed by atoms with van der Waals surface area (Å²) in [5, 5.41) is 13.0. The molecule has 0 spiro atoms. The zero-order valence-corrected chi connectivity index (χ0v) is 16.2. The molecule has 1 N–H and O–H groups in total. The lowest BCUT2D eigenvalue weighted by atomic mass is 10.0. The number of fused-ring (bicyclic) bond motifs is 1. The molecule has 1 amide bonds. The van der Waals surface area contributed by atoms with E-state index in [0.717, 1.165) is 5.52 Å². The lowest BCUT2D eigenvalue weighted by molar-refractivity contribution is -0.116. The maximum absolute atomic E-state index is 12.8. The van der Waals surface area contributed by atoms with Gasteiger partial charge in [-0.25, -0.2) is 4.98 Å². The molecule has 3 rings (SSSR count). The molecule has 2 heterocycles. The van der Waals surface area contributed by atoms with Gasteiger partial charge in [0.05, 0.1) is 5.69 Å². The largest absolute Gasteiger partial charge is 0.360 e. The third kappa shape index (κ3) is 3.77. The van der Waals surface area contributed by atoms with Gasteiger partial charge >= 0.3 is 0 Å². The van der Waals surface area contributed by atoms with E-state index in [2.05, 4.69) is 9.97 Å². The average molecular weight is 399 g/mol. The minimum atomic E-state index is -0.403. The first-order valence-corrected chi connectivity index (χ1v) is 9.37. The van der Waals surface area contributed by atoms with E-state index in [1.807, 2.05) is 13.0 Å². The van der Waals surface area contributed by atoms with Crippen molar-refractivity contribution in [3.05, 3.63) is 51.6 Å². The Bertz CT molecular complexity index is 1110. The summed E-state index contributed by atoms with van der Waals surface area (Å²) in [6, 6.07) is 7.10. The quantitative estimate of drug-likeness (QED) is 0.390. The summed E-state index contributed by atoms with van der Waals surface area (Å²) in [5.74, 6) is -0.518. The predicted molar refractivity (Wildman–Crippen MR) is 107 cm³/mol. The Morgan fingerprint density at radius 2 is 2.22 bits per heavy atom. The second-order valence-electron chi connectivity index (χ2n) is 5.71. The first kappa shape index (κ1) is 18.8. The normalized spacial score (nSPS) is 11.4. The van der Waals surface area contributed by atoms with Crippen molar-refractivity contribution < 1.29 is 9.59 Å². The van der Waals surface area contributed by atoms with Crippen LogP contribution in [-0.4, -0.2) is 28.2 Å². The highest BCUT2D eigenvalue weighted by molar-refractivity contribution is 7.14. The zero-order valence-electron chi connectivity index (χ0n) is 14.6. The standard InChI is InChI=1S/C19H15ClN4O2S/c1-3-24(11(2)25)19-23-14(10-27-19)6-12(8-21)18(26)16-9-22-17-7-13(20)4-5-15(16)17/h4-7,9-10,22H,3H2,1-2H3. The van der Waals surface area contributed by atoms with Crippen molar-refractivity contribution in [1.82, 2.24) is 9.97 Å². The van der Waals surface area contributed by atoms with Gasteiger partial charge in [0.15, 0.2) is 5.13 Å². The van der Waals surface area contributed by atoms with Crippen LogP contribution in [0.25, 0.3) is 17.0 Å². The molecule has 0 bridgehead atoms. The van der Waals surface area contributed by atoms with Crippen LogP contribution in [0.5, 0.6) is 0 Å². The van der Waals surface area contributed by atoms with Gasteiger partial charge in [-0.1, -0.05) is 17.7 Å². The van der Waals surface area contributed by atoms with Crippen LogP contribution in [-0.2, 0) is 4.79 Å². The molecule has 0 atom stereocenters. The summed E-state index contributed by atoms with van der Waals surface area (Å²) in [4.78, 5) is 33.3. The molecule has 3 aromatic rings. The molecule has 27 heavy (non-hydrogen) atoms. The first-order chi connectivity index (χ1) is 12.9. The Morgan fingerprint density at radius 3 is 2.89 bits per heavy atom. The van der Waals surface area contributed by atoms with E-state index in [1.54, 1.807) is 29.8 Å². The maximum Gasteiger partial charge on any atom is 0.225 e. The van der Waals surface area contributed by atoms with Gasteiger partial charge in [0.2, 0.25) is 11.7 Å². The van der Waals surface area contributed by atoms with E-state index in [4.69, 9.17) is 11.6 Å². The number of allylic oxidation sites excluding steroid dienone is 1. The second kappa shape index (κ2) is 7.74. The smallest absolute Gasteiger partial charge is 0.225 e. The molecule has 0 aliphatic rings. The van der Waals surface area contributed by atoms with Gasteiger partial charge < -0.3 is 4.98 Å². The fourth-order valence-corrected chi connectivity index (χ4v) is 3.75. The minimum Gasteiger partial charge on any atom is -0.360 e. The molecular formula is C19H15ClN4O2S. The zero-order chi connectivity index (χ0) is 19.6. The predicted octanol–water partition coefficient (Wildman–Crippen LogP) is 4.44. The molecule has 136 valence electrons. The van der Waals surface area contributed by atoms with Crippen LogP contribution < -0.4 is 4.90 Å². The number of nitrogens with one attached hydrogen (secondary N) is 1. The van der Waals surface area contributed by atoms with E-state index in [9.17, 15) is 14.9 Å². The average Bonchev–Trinajstić information content (AvgIpc) is 3.26. The van der Waals surface area contributed by atoms with Gasteiger partial charge in [0.1, 0.15) is 11.6 Å². The molecule has 2 aromatic heterocycles.